The van der Waals surface area contributed by atoms with E-state index in [2.05, 4.69) is 9.47 Å². The lowest BCUT2D eigenvalue weighted by molar-refractivity contribution is -0.153. The van der Waals surface area contributed by atoms with Crippen LogP contribution in [0, 0.1) is 0 Å². The zero-order valence-electron chi connectivity index (χ0n) is 9.72. The van der Waals surface area contributed by atoms with E-state index in [-0.39, 0.29) is 29.6 Å². The van der Waals surface area contributed by atoms with Crippen molar-refractivity contribution < 1.29 is 35.8 Å². The van der Waals surface area contributed by atoms with Crippen molar-refractivity contribution in [2.45, 2.75) is 12.4 Å². The maximum Gasteiger partial charge on any atom is 0.422 e. The van der Waals surface area contributed by atoms with Gasteiger partial charge in [-0.2, -0.15) is 26.3 Å². The second kappa shape index (κ2) is 6.78. The molecule has 0 amide bonds. The molecular formula is C10H10ClF6NO2. The minimum absolute atomic E-state index is 0. The van der Waals surface area contributed by atoms with Gasteiger partial charge in [-0.15, -0.1) is 12.4 Å². The van der Waals surface area contributed by atoms with Gasteiger partial charge in [-0.3, -0.25) is 0 Å². The zero-order valence-corrected chi connectivity index (χ0v) is 10.5. The van der Waals surface area contributed by atoms with Gasteiger partial charge in [-0.05, 0) is 0 Å². The van der Waals surface area contributed by atoms with Gasteiger partial charge in [0, 0.05) is 23.9 Å². The summed E-state index contributed by atoms with van der Waals surface area (Å²) in [5, 5.41) is 0. The maximum atomic E-state index is 11.9. The summed E-state index contributed by atoms with van der Waals surface area (Å²) >= 11 is 0. The molecule has 1 rings (SSSR count). The highest BCUT2D eigenvalue weighted by molar-refractivity contribution is 5.85. The number of hydrogen-bond donors (Lipinski definition) is 1. The van der Waals surface area contributed by atoms with Crippen molar-refractivity contribution in [3.05, 3.63) is 18.2 Å². The van der Waals surface area contributed by atoms with Gasteiger partial charge >= 0.3 is 12.4 Å². The molecule has 0 fully saturated rings. The molecule has 0 aliphatic heterocycles. The van der Waals surface area contributed by atoms with Crippen LogP contribution in [0.15, 0.2) is 18.2 Å². The first-order valence-electron chi connectivity index (χ1n) is 4.85. The molecule has 2 N–H and O–H groups in total. The van der Waals surface area contributed by atoms with E-state index in [0.29, 0.717) is 0 Å². The molecule has 0 aliphatic carbocycles. The third kappa shape index (κ3) is 7.82. The Morgan fingerprint density at radius 1 is 0.800 bits per heavy atom. The number of rotatable bonds is 4. The molecule has 0 unspecified atom stereocenters. The average Bonchev–Trinajstić information content (AvgIpc) is 2.21. The van der Waals surface area contributed by atoms with Crippen LogP contribution in [0.4, 0.5) is 32.0 Å². The van der Waals surface area contributed by atoms with Gasteiger partial charge in [0.25, 0.3) is 0 Å². The van der Waals surface area contributed by atoms with Crippen molar-refractivity contribution in [1.29, 1.82) is 0 Å². The van der Waals surface area contributed by atoms with Crippen LogP contribution in [0.25, 0.3) is 0 Å². The molecule has 0 radical (unpaired) electrons. The van der Waals surface area contributed by atoms with Crippen molar-refractivity contribution >= 4 is 18.1 Å². The number of hydrogen-bond acceptors (Lipinski definition) is 3. The third-order valence-corrected chi connectivity index (χ3v) is 1.71. The molecule has 116 valence electrons. The summed E-state index contributed by atoms with van der Waals surface area (Å²) in [6, 6.07) is 2.99. The van der Waals surface area contributed by atoms with Crippen LogP contribution in [0.3, 0.4) is 0 Å². The van der Waals surface area contributed by atoms with Gasteiger partial charge < -0.3 is 15.2 Å². The molecule has 1 aromatic rings. The van der Waals surface area contributed by atoms with Crippen molar-refractivity contribution in [3.8, 4) is 11.5 Å². The molecule has 0 aromatic heterocycles. The number of anilines is 1. The van der Waals surface area contributed by atoms with E-state index in [4.69, 9.17) is 5.73 Å². The Hall–Kier alpha value is -1.51. The number of benzene rings is 1. The van der Waals surface area contributed by atoms with Gasteiger partial charge in [-0.1, -0.05) is 0 Å². The standard InChI is InChI=1S/C10H9F6NO2.ClH/c11-9(12,13)4-18-7-1-6(17)2-8(3-7)19-5-10(14,15)16;/h1-3H,4-5,17H2;1H. The largest absolute Gasteiger partial charge is 0.484 e. The smallest absolute Gasteiger partial charge is 0.422 e. The third-order valence-electron chi connectivity index (χ3n) is 1.71. The van der Waals surface area contributed by atoms with Crippen LogP contribution < -0.4 is 15.2 Å². The highest BCUT2D eigenvalue weighted by atomic mass is 35.5. The molecule has 3 nitrogen and oxygen atoms in total. The Labute approximate surface area is 116 Å². The molecule has 10 heteroatoms. The first kappa shape index (κ1) is 18.5. The zero-order chi connectivity index (χ0) is 14.7. The summed E-state index contributed by atoms with van der Waals surface area (Å²) in [7, 11) is 0. The normalized spacial score (nSPS) is 11.7. The van der Waals surface area contributed by atoms with Gasteiger partial charge in [0.1, 0.15) is 11.5 Å². The highest BCUT2D eigenvalue weighted by Gasteiger charge is 2.29. The summed E-state index contributed by atoms with van der Waals surface area (Å²) in [5.41, 5.74) is 5.24. The number of halogens is 7. The second-order valence-corrected chi connectivity index (χ2v) is 3.55. The number of nitrogen functional groups attached to an aromatic ring is 1. The monoisotopic (exact) mass is 325 g/mol. The highest BCUT2D eigenvalue weighted by Crippen LogP contribution is 2.27. The lowest BCUT2D eigenvalue weighted by Gasteiger charge is -2.13. The van der Waals surface area contributed by atoms with Crippen molar-refractivity contribution in [2.75, 3.05) is 18.9 Å². The van der Waals surface area contributed by atoms with Crippen molar-refractivity contribution in [2.24, 2.45) is 0 Å². The van der Waals surface area contributed by atoms with E-state index in [9.17, 15) is 26.3 Å². The molecule has 0 spiro atoms. The van der Waals surface area contributed by atoms with Crippen LogP contribution in [-0.2, 0) is 0 Å². The Balaban J connectivity index is 0.00000361. The fourth-order valence-electron chi connectivity index (χ4n) is 1.09. The Morgan fingerprint density at radius 2 is 1.15 bits per heavy atom. The lowest BCUT2D eigenvalue weighted by Crippen LogP contribution is -2.20. The molecule has 0 saturated heterocycles. The summed E-state index contributed by atoms with van der Waals surface area (Å²) in [6.07, 6.45) is -9.12. The van der Waals surface area contributed by atoms with Crippen LogP contribution in [0.2, 0.25) is 0 Å². The van der Waals surface area contributed by atoms with Crippen molar-refractivity contribution in [3.63, 3.8) is 0 Å². The summed E-state index contributed by atoms with van der Waals surface area (Å²) in [5.74, 6) is -0.649. The number of alkyl halides is 6. The second-order valence-electron chi connectivity index (χ2n) is 3.55. The molecule has 0 heterocycles. The first-order valence-corrected chi connectivity index (χ1v) is 4.85. The van der Waals surface area contributed by atoms with Crippen LogP contribution in [0.1, 0.15) is 0 Å². The maximum absolute atomic E-state index is 11.9. The molecular weight excluding hydrogens is 316 g/mol. The minimum atomic E-state index is -4.56. The topological polar surface area (TPSA) is 44.5 Å². The molecule has 0 aliphatic rings. The van der Waals surface area contributed by atoms with E-state index in [1.807, 2.05) is 0 Å². The predicted molar refractivity (Wildman–Crippen MR) is 61.2 cm³/mol. The molecule has 0 bridgehead atoms. The van der Waals surface area contributed by atoms with Crippen LogP contribution >= 0.6 is 12.4 Å². The SMILES string of the molecule is Cl.Nc1cc(OCC(F)(F)F)cc(OCC(F)(F)F)c1. The van der Waals surface area contributed by atoms with Gasteiger partial charge in [0.05, 0.1) is 0 Å². The predicted octanol–water partition coefficient (Wildman–Crippen LogP) is 3.57. The Kier molecular flexibility index (Phi) is 6.27. The Bertz CT molecular complexity index is 398. The van der Waals surface area contributed by atoms with E-state index >= 15 is 0 Å². The van der Waals surface area contributed by atoms with Gasteiger partial charge in [-0.25, -0.2) is 0 Å². The quantitative estimate of drug-likeness (QED) is 0.680. The van der Waals surface area contributed by atoms with E-state index in [1.54, 1.807) is 0 Å². The summed E-state index contributed by atoms with van der Waals surface area (Å²) in [4.78, 5) is 0. The Morgan fingerprint density at radius 3 is 1.45 bits per heavy atom. The fourth-order valence-corrected chi connectivity index (χ4v) is 1.09. The molecule has 0 atom stereocenters. The first-order chi connectivity index (χ1) is 8.55. The van der Waals surface area contributed by atoms with Gasteiger partial charge in [0.2, 0.25) is 0 Å². The van der Waals surface area contributed by atoms with E-state index in [1.165, 1.54) is 0 Å². The lowest BCUT2D eigenvalue weighted by atomic mass is 10.3. The minimum Gasteiger partial charge on any atom is -0.484 e. The average molecular weight is 326 g/mol. The molecule has 1 aromatic carbocycles. The number of nitrogens with two attached hydrogens (primary N) is 1. The van der Waals surface area contributed by atoms with Crippen LogP contribution in [0.5, 0.6) is 11.5 Å². The van der Waals surface area contributed by atoms with Gasteiger partial charge in [0.15, 0.2) is 13.2 Å². The number of ether oxygens (including phenoxy) is 2. The molecule has 20 heavy (non-hydrogen) atoms. The summed E-state index contributed by atoms with van der Waals surface area (Å²) < 4.78 is 80.2. The van der Waals surface area contributed by atoms with E-state index in [0.717, 1.165) is 18.2 Å². The van der Waals surface area contributed by atoms with Crippen molar-refractivity contribution in [1.82, 2.24) is 0 Å². The summed E-state index contributed by atoms with van der Waals surface area (Å²) in [6.45, 7) is -3.15. The molecule has 0 saturated carbocycles. The van der Waals surface area contributed by atoms with Crippen LogP contribution in [-0.4, -0.2) is 25.6 Å². The van der Waals surface area contributed by atoms with E-state index < -0.39 is 25.6 Å². The fraction of sp³-hybridized carbons (Fsp3) is 0.400.